The highest BCUT2D eigenvalue weighted by Crippen LogP contribution is 2.30. The van der Waals surface area contributed by atoms with E-state index in [1.54, 1.807) is 26.0 Å². The molecule has 0 unspecified atom stereocenters. The van der Waals surface area contributed by atoms with E-state index < -0.39 is 5.82 Å². The minimum Gasteiger partial charge on any atom is -0.300 e. The van der Waals surface area contributed by atoms with Gasteiger partial charge in [0, 0.05) is 11.7 Å². The number of halogens is 2. The number of nitrogens with one attached hydrogen (secondary N) is 1. The molecule has 1 N–H and O–H groups in total. The summed E-state index contributed by atoms with van der Waals surface area (Å²) >= 11 is 8.34. The SMILES string of the molecule is CC(C)C(=O)Nc1nnc(SCc2cccc(Cl)c2F)s1. The van der Waals surface area contributed by atoms with E-state index in [4.69, 9.17) is 11.6 Å². The lowest BCUT2D eigenvalue weighted by molar-refractivity contribution is -0.118. The van der Waals surface area contributed by atoms with E-state index in [9.17, 15) is 9.18 Å². The Morgan fingerprint density at radius 3 is 2.95 bits per heavy atom. The van der Waals surface area contributed by atoms with Gasteiger partial charge in [0.15, 0.2) is 4.34 Å². The van der Waals surface area contributed by atoms with Crippen LogP contribution in [0, 0.1) is 11.7 Å². The van der Waals surface area contributed by atoms with Crippen molar-refractivity contribution in [1.29, 1.82) is 0 Å². The third-order valence-corrected chi connectivity index (χ3v) is 4.86. The summed E-state index contributed by atoms with van der Waals surface area (Å²) in [6, 6.07) is 4.89. The first-order valence-electron chi connectivity index (χ1n) is 6.17. The van der Waals surface area contributed by atoms with Gasteiger partial charge >= 0.3 is 0 Å². The average Bonchev–Trinajstić information content (AvgIpc) is 2.88. The Kier molecular flexibility index (Phi) is 5.55. The summed E-state index contributed by atoms with van der Waals surface area (Å²) in [7, 11) is 0. The van der Waals surface area contributed by atoms with Crippen LogP contribution in [0.5, 0.6) is 0 Å². The van der Waals surface area contributed by atoms with Crippen LogP contribution < -0.4 is 5.32 Å². The third kappa shape index (κ3) is 4.39. The topological polar surface area (TPSA) is 54.9 Å². The Morgan fingerprint density at radius 1 is 1.48 bits per heavy atom. The highest BCUT2D eigenvalue weighted by Gasteiger charge is 2.12. The van der Waals surface area contributed by atoms with Crippen molar-refractivity contribution in [1.82, 2.24) is 10.2 Å². The van der Waals surface area contributed by atoms with Crippen molar-refractivity contribution in [3.8, 4) is 0 Å². The molecule has 2 aromatic rings. The molecular weight excluding hydrogens is 333 g/mol. The Bertz CT molecular complexity index is 648. The number of benzene rings is 1. The molecular formula is C13H13ClFN3OS2. The van der Waals surface area contributed by atoms with Gasteiger partial charge in [0.05, 0.1) is 5.02 Å². The summed E-state index contributed by atoms with van der Waals surface area (Å²) < 4.78 is 14.4. The predicted molar refractivity (Wildman–Crippen MR) is 84.3 cm³/mol. The minimum atomic E-state index is -0.412. The third-order valence-electron chi connectivity index (χ3n) is 2.54. The Hall–Kier alpha value is -1.18. The maximum absolute atomic E-state index is 13.7. The number of thioether (sulfide) groups is 1. The first-order valence-corrected chi connectivity index (χ1v) is 8.35. The van der Waals surface area contributed by atoms with Crippen LogP contribution in [0.2, 0.25) is 5.02 Å². The fraction of sp³-hybridized carbons (Fsp3) is 0.308. The zero-order valence-electron chi connectivity index (χ0n) is 11.4. The van der Waals surface area contributed by atoms with Crippen LogP contribution in [-0.4, -0.2) is 16.1 Å². The normalized spacial score (nSPS) is 10.9. The van der Waals surface area contributed by atoms with Crippen molar-refractivity contribution < 1.29 is 9.18 Å². The maximum atomic E-state index is 13.7. The number of amides is 1. The average molecular weight is 346 g/mol. The van der Waals surface area contributed by atoms with E-state index in [2.05, 4.69) is 15.5 Å². The number of carbonyl (C=O) groups is 1. The molecule has 0 aliphatic carbocycles. The van der Waals surface area contributed by atoms with Crippen molar-refractivity contribution in [2.45, 2.75) is 23.9 Å². The molecule has 0 aliphatic rings. The van der Waals surface area contributed by atoms with Crippen molar-refractivity contribution in [2.75, 3.05) is 5.32 Å². The Morgan fingerprint density at radius 2 is 2.24 bits per heavy atom. The molecule has 0 radical (unpaired) electrons. The molecule has 21 heavy (non-hydrogen) atoms. The summed E-state index contributed by atoms with van der Waals surface area (Å²) in [6.45, 7) is 3.60. The quantitative estimate of drug-likeness (QED) is 0.651. The highest BCUT2D eigenvalue weighted by molar-refractivity contribution is 8.00. The van der Waals surface area contributed by atoms with E-state index in [1.807, 2.05) is 0 Å². The van der Waals surface area contributed by atoms with Crippen LogP contribution in [0.4, 0.5) is 9.52 Å². The summed E-state index contributed by atoms with van der Waals surface area (Å²) in [5, 5.41) is 11.1. The highest BCUT2D eigenvalue weighted by atomic mass is 35.5. The Labute approximate surface area is 135 Å². The number of hydrogen-bond acceptors (Lipinski definition) is 5. The van der Waals surface area contributed by atoms with Gasteiger partial charge in [-0.1, -0.05) is 60.7 Å². The van der Waals surface area contributed by atoms with E-state index >= 15 is 0 Å². The van der Waals surface area contributed by atoms with Gasteiger partial charge in [-0.2, -0.15) is 0 Å². The first-order chi connectivity index (χ1) is 9.97. The van der Waals surface area contributed by atoms with Gasteiger partial charge in [0.1, 0.15) is 5.82 Å². The standard InChI is InChI=1S/C13H13ClFN3OS2/c1-7(2)11(19)16-12-17-18-13(21-12)20-6-8-4-3-5-9(14)10(8)15/h3-5,7H,6H2,1-2H3,(H,16,17,19). The van der Waals surface area contributed by atoms with Gasteiger partial charge in [-0.25, -0.2) is 4.39 Å². The fourth-order valence-electron chi connectivity index (χ4n) is 1.37. The molecule has 8 heteroatoms. The zero-order valence-corrected chi connectivity index (χ0v) is 13.8. The molecule has 0 aliphatic heterocycles. The lowest BCUT2D eigenvalue weighted by Crippen LogP contribution is -2.17. The monoisotopic (exact) mass is 345 g/mol. The van der Waals surface area contributed by atoms with Crippen LogP contribution in [0.1, 0.15) is 19.4 Å². The molecule has 1 aromatic carbocycles. The Balaban J connectivity index is 1.97. The molecule has 1 amide bonds. The molecule has 0 atom stereocenters. The molecule has 1 aromatic heterocycles. The summed E-state index contributed by atoms with van der Waals surface area (Å²) in [5.41, 5.74) is 0.510. The lowest BCUT2D eigenvalue weighted by atomic mass is 10.2. The van der Waals surface area contributed by atoms with Crippen molar-refractivity contribution >= 4 is 45.7 Å². The van der Waals surface area contributed by atoms with Gasteiger partial charge in [-0.3, -0.25) is 4.79 Å². The number of nitrogens with zero attached hydrogens (tertiary/aromatic N) is 2. The number of hydrogen-bond donors (Lipinski definition) is 1. The number of carbonyl (C=O) groups excluding carboxylic acids is 1. The second-order valence-corrected chi connectivity index (χ2v) is 7.13. The first kappa shape index (κ1) is 16.2. The summed E-state index contributed by atoms with van der Waals surface area (Å²) in [6.07, 6.45) is 0. The molecule has 0 saturated carbocycles. The zero-order chi connectivity index (χ0) is 15.4. The van der Waals surface area contributed by atoms with Gasteiger partial charge in [-0.15, -0.1) is 10.2 Å². The van der Waals surface area contributed by atoms with Crippen LogP contribution in [0.3, 0.4) is 0 Å². The van der Waals surface area contributed by atoms with Crippen molar-refractivity contribution in [3.63, 3.8) is 0 Å². The van der Waals surface area contributed by atoms with Crippen LogP contribution in [0.25, 0.3) is 0 Å². The largest absolute Gasteiger partial charge is 0.300 e. The lowest BCUT2D eigenvalue weighted by Gasteiger charge is -2.03. The second-order valence-electron chi connectivity index (χ2n) is 4.52. The molecule has 0 spiro atoms. The molecule has 0 fully saturated rings. The molecule has 0 saturated heterocycles. The van der Waals surface area contributed by atoms with E-state index in [1.165, 1.54) is 29.2 Å². The molecule has 2 rings (SSSR count). The number of anilines is 1. The van der Waals surface area contributed by atoms with E-state index in [-0.39, 0.29) is 16.8 Å². The van der Waals surface area contributed by atoms with Crippen molar-refractivity contribution in [3.05, 3.63) is 34.6 Å². The van der Waals surface area contributed by atoms with Crippen LogP contribution >= 0.6 is 34.7 Å². The van der Waals surface area contributed by atoms with Crippen LogP contribution in [0.15, 0.2) is 22.5 Å². The maximum Gasteiger partial charge on any atom is 0.228 e. The summed E-state index contributed by atoms with van der Waals surface area (Å²) in [5.74, 6) is -0.238. The smallest absolute Gasteiger partial charge is 0.228 e. The van der Waals surface area contributed by atoms with Gasteiger partial charge < -0.3 is 5.32 Å². The number of rotatable bonds is 5. The number of aromatic nitrogens is 2. The summed E-state index contributed by atoms with van der Waals surface area (Å²) in [4.78, 5) is 11.5. The molecule has 4 nitrogen and oxygen atoms in total. The molecule has 112 valence electrons. The van der Waals surface area contributed by atoms with Crippen molar-refractivity contribution in [2.24, 2.45) is 5.92 Å². The van der Waals surface area contributed by atoms with Gasteiger partial charge in [0.25, 0.3) is 0 Å². The second kappa shape index (κ2) is 7.20. The minimum absolute atomic E-state index is 0.107. The van der Waals surface area contributed by atoms with E-state index in [0.717, 1.165) is 0 Å². The van der Waals surface area contributed by atoms with Gasteiger partial charge in [0.2, 0.25) is 11.0 Å². The van der Waals surface area contributed by atoms with Crippen LogP contribution in [-0.2, 0) is 10.5 Å². The van der Waals surface area contributed by atoms with Gasteiger partial charge in [-0.05, 0) is 11.6 Å². The fourth-order valence-corrected chi connectivity index (χ4v) is 3.29. The molecule has 1 heterocycles. The van der Waals surface area contributed by atoms with E-state index in [0.29, 0.717) is 20.8 Å². The predicted octanol–water partition coefficient (Wildman–Crippen LogP) is 4.22. The molecule has 0 bridgehead atoms.